The summed E-state index contributed by atoms with van der Waals surface area (Å²) in [5.74, 6) is 2.22. The van der Waals surface area contributed by atoms with Gasteiger partial charge in [-0.3, -0.25) is 4.90 Å². The summed E-state index contributed by atoms with van der Waals surface area (Å²) in [5, 5.41) is 19.8. The number of hydrogen-bond donors (Lipinski definition) is 2. The van der Waals surface area contributed by atoms with Gasteiger partial charge >= 0.3 is 0 Å². The molecule has 1 aliphatic carbocycles. The molecule has 2 heterocycles. The highest BCUT2D eigenvalue weighted by Crippen LogP contribution is 2.40. The van der Waals surface area contributed by atoms with E-state index in [0.29, 0.717) is 18.4 Å². The topological polar surface area (TPSA) is 78.7 Å². The number of aliphatic hydroxyl groups excluding tert-OH is 1. The number of benzene rings is 1. The number of nitrogens with zero attached hydrogens (tertiary/aromatic N) is 3. The van der Waals surface area contributed by atoms with Gasteiger partial charge in [0, 0.05) is 19.6 Å². The van der Waals surface area contributed by atoms with Gasteiger partial charge in [-0.2, -0.15) is 0 Å². The highest BCUT2D eigenvalue weighted by Gasteiger charge is 2.42. The maximum atomic E-state index is 10.4. The van der Waals surface area contributed by atoms with Crippen molar-refractivity contribution in [3.05, 3.63) is 48.5 Å². The molecule has 0 amide bonds. The van der Waals surface area contributed by atoms with E-state index in [1.54, 1.807) is 36.7 Å². The van der Waals surface area contributed by atoms with E-state index in [1.165, 1.54) is 6.33 Å². The number of phenolic OH excluding ortho intramolecular Hbond substituents is 1. The molecule has 1 saturated carbocycles. The molecule has 2 unspecified atom stereocenters. The van der Waals surface area contributed by atoms with E-state index in [0.717, 1.165) is 37.2 Å². The molecule has 2 N–H and O–H groups in total. The van der Waals surface area contributed by atoms with Gasteiger partial charge < -0.3 is 14.9 Å². The number of hydrogen-bond acceptors (Lipinski definition) is 6. The summed E-state index contributed by atoms with van der Waals surface area (Å²) in [6, 6.07) is 6.80. The molecular weight excluding hydrogens is 318 g/mol. The molecule has 4 atom stereocenters. The number of aromatic nitrogens is 2. The van der Waals surface area contributed by atoms with Crippen molar-refractivity contribution in [2.75, 3.05) is 19.6 Å². The third kappa shape index (κ3) is 3.75. The molecule has 2 aliphatic rings. The van der Waals surface area contributed by atoms with Crippen molar-refractivity contribution in [3.8, 4) is 11.5 Å². The highest BCUT2D eigenvalue weighted by atomic mass is 16.5. The zero-order valence-electron chi connectivity index (χ0n) is 14.0. The summed E-state index contributed by atoms with van der Waals surface area (Å²) in [7, 11) is 0. The third-order valence-corrected chi connectivity index (χ3v) is 5.33. The Kier molecular flexibility index (Phi) is 4.55. The van der Waals surface area contributed by atoms with Crippen molar-refractivity contribution in [1.29, 1.82) is 0 Å². The number of aliphatic hydroxyl groups is 1. The normalized spacial score (nSPS) is 27.2. The maximum absolute atomic E-state index is 10.4. The summed E-state index contributed by atoms with van der Waals surface area (Å²) < 4.78 is 5.99. The largest absolute Gasteiger partial charge is 0.508 e. The molecule has 6 heteroatoms. The van der Waals surface area contributed by atoms with Crippen molar-refractivity contribution < 1.29 is 14.9 Å². The summed E-state index contributed by atoms with van der Waals surface area (Å²) in [6.07, 6.45) is 6.74. The van der Waals surface area contributed by atoms with Crippen molar-refractivity contribution in [3.63, 3.8) is 0 Å². The summed E-state index contributed by atoms with van der Waals surface area (Å²) >= 11 is 0. The zero-order valence-corrected chi connectivity index (χ0v) is 14.0. The second kappa shape index (κ2) is 6.98. The van der Waals surface area contributed by atoms with Crippen LogP contribution in [0.15, 0.2) is 43.0 Å². The number of phenols is 1. The molecule has 1 aromatic carbocycles. The quantitative estimate of drug-likeness (QED) is 0.866. The Morgan fingerprint density at radius 2 is 1.72 bits per heavy atom. The number of β-amino-alcohol motifs (C(OH)–C–C–N with tert-alkyl or cyclic N) is 1. The molecular formula is C19H23N3O3. The van der Waals surface area contributed by atoms with Gasteiger partial charge in [0.1, 0.15) is 12.1 Å². The van der Waals surface area contributed by atoms with Crippen LogP contribution in [0.1, 0.15) is 24.5 Å². The van der Waals surface area contributed by atoms with Crippen LogP contribution in [0.25, 0.3) is 0 Å². The van der Waals surface area contributed by atoms with Gasteiger partial charge in [0.2, 0.25) is 0 Å². The summed E-state index contributed by atoms with van der Waals surface area (Å²) in [5.41, 5.74) is 0.847. The second-order valence-corrected chi connectivity index (χ2v) is 7.13. The first-order chi connectivity index (χ1) is 12.2. The molecule has 2 aromatic rings. The number of ether oxygens (including phenoxy) is 1. The van der Waals surface area contributed by atoms with Gasteiger partial charge in [0.15, 0.2) is 5.75 Å². The van der Waals surface area contributed by atoms with Crippen LogP contribution in [0.4, 0.5) is 0 Å². The standard InChI is InChI=1S/C19H23N3O3/c23-16-3-1-13(2-4-16)19(24)11-22-9-14-5-17(6-15(14)10-22)25-18-7-20-12-21-8-18/h1-4,7-8,12,14-15,17,19,23-24H,5-6,9-11H2/t14-,15+,17?,19?. The van der Waals surface area contributed by atoms with Crippen LogP contribution in [0.5, 0.6) is 11.5 Å². The Morgan fingerprint density at radius 1 is 1.08 bits per heavy atom. The van der Waals surface area contributed by atoms with Crippen LogP contribution in [-0.2, 0) is 0 Å². The highest BCUT2D eigenvalue weighted by molar-refractivity contribution is 5.27. The van der Waals surface area contributed by atoms with E-state index in [9.17, 15) is 10.2 Å². The molecule has 0 radical (unpaired) electrons. The van der Waals surface area contributed by atoms with E-state index in [2.05, 4.69) is 14.9 Å². The summed E-state index contributed by atoms with van der Waals surface area (Å²) in [4.78, 5) is 10.3. The number of fused-ring (bicyclic) bond motifs is 1. The van der Waals surface area contributed by atoms with Crippen molar-refractivity contribution >= 4 is 0 Å². The van der Waals surface area contributed by atoms with E-state index in [4.69, 9.17) is 4.74 Å². The van der Waals surface area contributed by atoms with Crippen LogP contribution in [0.3, 0.4) is 0 Å². The van der Waals surface area contributed by atoms with Gasteiger partial charge in [-0.25, -0.2) is 9.97 Å². The molecule has 0 spiro atoms. The fourth-order valence-electron chi connectivity index (χ4n) is 4.17. The van der Waals surface area contributed by atoms with Crippen molar-refractivity contribution in [1.82, 2.24) is 14.9 Å². The molecule has 0 bridgehead atoms. The number of rotatable bonds is 5. The molecule has 132 valence electrons. The predicted octanol–water partition coefficient (Wildman–Crippen LogP) is 2.00. The second-order valence-electron chi connectivity index (χ2n) is 7.13. The SMILES string of the molecule is Oc1ccc(C(O)CN2C[C@H]3CC(Oc4cncnc4)C[C@H]3C2)cc1. The van der Waals surface area contributed by atoms with Crippen LogP contribution < -0.4 is 4.74 Å². The first-order valence-electron chi connectivity index (χ1n) is 8.78. The van der Waals surface area contributed by atoms with Gasteiger partial charge in [-0.05, 0) is 42.4 Å². The first-order valence-corrected chi connectivity index (χ1v) is 8.78. The Morgan fingerprint density at radius 3 is 2.36 bits per heavy atom. The average molecular weight is 341 g/mol. The lowest BCUT2D eigenvalue weighted by Crippen LogP contribution is -2.28. The van der Waals surface area contributed by atoms with Gasteiger partial charge in [0.05, 0.1) is 24.6 Å². The van der Waals surface area contributed by atoms with E-state index in [1.807, 2.05) is 0 Å². The van der Waals surface area contributed by atoms with Crippen LogP contribution in [0, 0.1) is 11.8 Å². The molecule has 2 fully saturated rings. The molecule has 25 heavy (non-hydrogen) atoms. The zero-order chi connectivity index (χ0) is 17.2. The van der Waals surface area contributed by atoms with Crippen LogP contribution in [-0.4, -0.2) is 50.8 Å². The minimum atomic E-state index is -0.520. The minimum absolute atomic E-state index is 0.224. The Labute approximate surface area is 147 Å². The molecule has 1 saturated heterocycles. The van der Waals surface area contributed by atoms with Crippen LogP contribution in [0.2, 0.25) is 0 Å². The lowest BCUT2D eigenvalue weighted by molar-refractivity contribution is 0.116. The molecule has 4 rings (SSSR count). The van der Waals surface area contributed by atoms with Crippen LogP contribution >= 0.6 is 0 Å². The number of likely N-dealkylation sites (tertiary alicyclic amines) is 1. The van der Waals surface area contributed by atoms with E-state index < -0.39 is 6.10 Å². The average Bonchev–Trinajstić information content (AvgIpc) is 3.14. The van der Waals surface area contributed by atoms with E-state index >= 15 is 0 Å². The fraction of sp³-hybridized carbons (Fsp3) is 0.474. The fourth-order valence-corrected chi connectivity index (χ4v) is 4.17. The lowest BCUT2D eigenvalue weighted by Gasteiger charge is -2.22. The molecule has 6 nitrogen and oxygen atoms in total. The summed E-state index contributed by atoms with van der Waals surface area (Å²) in [6.45, 7) is 2.64. The number of aromatic hydroxyl groups is 1. The maximum Gasteiger partial charge on any atom is 0.156 e. The minimum Gasteiger partial charge on any atom is -0.508 e. The smallest absolute Gasteiger partial charge is 0.156 e. The predicted molar refractivity (Wildman–Crippen MR) is 92.2 cm³/mol. The van der Waals surface area contributed by atoms with Crippen molar-refractivity contribution in [2.45, 2.75) is 25.0 Å². The first kappa shape index (κ1) is 16.3. The van der Waals surface area contributed by atoms with Gasteiger partial charge in [-0.1, -0.05) is 12.1 Å². The molecule has 1 aromatic heterocycles. The Balaban J connectivity index is 1.28. The van der Waals surface area contributed by atoms with E-state index in [-0.39, 0.29) is 11.9 Å². The van der Waals surface area contributed by atoms with Crippen molar-refractivity contribution in [2.24, 2.45) is 11.8 Å². The molecule has 1 aliphatic heterocycles. The third-order valence-electron chi connectivity index (χ3n) is 5.33. The Hall–Kier alpha value is -2.18. The monoisotopic (exact) mass is 341 g/mol. The van der Waals surface area contributed by atoms with Gasteiger partial charge in [-0.15, -0.1) is 0 Å². The van der Waals surface area contributed by atoms with Gasteiger partial charge in [0.25, 0.3) is 0 Å². The Bertz CT molecular complexity index is 681. The lowest BCUT2D eigenvalue weighted by atomic mass is 10.0.